The summed E-state index contributed by atoms with van der Waals surface area (Å²) in [4.78, 5) is 11.4. The second-order valence-electron chi connectivity index (χ2n) is 5.18. The molecule has 0 aliphatic carbocycles. The van der Waals surface area contributed by atoms with Crippen molar-refractivity contribution < 1.29 is 0 Å². The molecule has 1 aromatic heterocycles. The highest BCUT2D eigenvalue weighted by atomic mass is 35.5. The number of hydrogen-bond donors (Lipinski definition) is 0. The number of aromatic nitrogens is 1. The predicted molar refractivity (Wildman–Crippen MR) is 87.3 cm³/mol. The van der Waals surface area contributed by atoms with Crippen LogP contribution in [0.5, 0.6) is 0 Å². The fourth-order valence-electron chi connectivity index (χ4n) is 2.55. The molecule has 0 spiro atoms. The van der Waals surface area contributed by atoms with E-state index in [1.807, 2.05) is 42.5 Å². The Kier molecular flexibility index (Phi) is 4.51. The first-order chi connectivity index (χ1) is 10.3. The normalized spacial score (nSPS) is 16.0. The van der Waals surface area contributed by atoms with E-state index in [-0.39, 0.29) is 0 Å². The standard InChI is InChI=1S/C17H18ClN3/c18-15-9-7-14(8-10-15)17(21-12-4-1-5-13-21)20-16-6-2-3-11-19-16/h2-3,6-11H,1,4-5,12-13H2/b20-17-. The summed E-state index contributed by atoms with van der Waals surface area (Å²) in [7, 11) is 0. The van der Waals surface area contributed by atoms with Crippen LogP contribution in [0.1, 0.15) is 24.8 Å². The van der Waals surface area contributed by atoms with Gasteiger partial charge in [0.25, 0.3) is 0 Å². The van der Waals surface area contributed by atoms with Gasteiger partial charge in [-0.25, -0.2) is 9.98 Å². The predicted octanol–water partition coefficient (Wildman–Crippen LogP) is 4.30. The number of nitrogens with zero attached hydrogens (tertiary/aromatic N) is 3. The number of rotatable bonds is 2. The summed E-state index contributed by atoms with van der Waals surface area (Å²) in [6, 6.07) is 13.7. The zero-order valence-corrected chi connectivity index (χ0v) is 12.6. The molecule has 21 heavy (non-hydrogen) atoms. The van der Waals surface area contributed by atoms with Crippen molar-refractivity contribution in [1.82, 2.24) is 9.88 Å². The number of likely N-dealkylation sites (tertiary alicyclic amines) is 1. The maximum absolute atomic E-state index is 6.00. The van der Waals surface area contributed by atoms with E-state index < -0.39 is 0 Å². The molecule has 1 aliphatic rings. The van der Waals surface area contributed by atoms with Crippen LogP contribution in [0.3, 0.4) is 0 Å². The number of halogens is 1. The highest BCUT2D eigenvalue weighted by Crippen LogP contribution is 2.19. The molecule has 0 saturated carbocycles. The zero-order valence-electron chi connectivity index (χ0n) is 11.9. The summed E-state index contributed by atoms with van der Waals surface area (Å²) < 4.78 is 0. The Morgan fingerprint density at radius 1 is 1.00 bits per heavy atom. The van der Waals surface area contributed by atoms with E-state index in [1.54, 1.807) is 6.20 Å². The Morgan fingerprint density at radius 3 is 2.43 bits per heavy atom. The number of hydrogen-bond acceptors (Lipinski definition) is 2. The molecule has 1 aliphatic heterocycles. The molecule has 2 heterocycles. The second kappa shape index (κ2) is 6.72. The molecule has 0 amide bonds. The molecule has 4 heteroatoms. The van der Waals surface area contributed by atoms with E-state index in [0.717, 1.165) is 35.3 Å². The third kappa shape index (κ3) is 3.61. The molecule has 2 aromatic rings. The largest absolute Gasteiger partial charge is 0.356 e. The molecule has 3 rings (SSSR count). The fraction of sp³-hybridized carbons (Fsp3) is 0.294. The average molecular weight is 300 g/mol. The van der Waals surface area contributed by atoms with Crippen LogP contribution in [-0.2, 0) is 0 Å². The van der Waals surface area contributed by atoms with Gasteiger partial charge in [0.05, 0.1) is 0 Å². The van der Waals surface area contributed by atoms with Gasteiger partial charge < -0.3 is 4.90 Å². The van der Waals surface area contributed by atoms with Crippen LogP contribution >= 0.6 is 11.6 Å². The minimum Gasteiger partial charge on any atom is -0.356 e. The molecule has 1 fully saturated rings. The van der Waals surface area contributed by atoms with Gasteiger partial charge in [0.2, 0.25) is 0 Å². The molecule has 1 saturated heterocycles. The quantitative estimate of drug-likeness (QED) is 0.611. The molecule has 108 valence electrons. The first-order valence-electron chi connectivity index (χ1n) is 7.33. The van der Waals surface area contributed by atoms with Gasteiger partial charge in [0.15, 0.2) is 5.82 Å². The lowest BCUT2D eigenvalue weighted by atomic mass is 10.1. The van der Waals surface area contributed by atoms with Crippen LogP contribution < -0.4 is 0 Å². The summed E-state index contributed by atoms with van der Waals surface area (Å²) in [5, 5.41) is 0.745. The number of benzene rings is 1. The van der Waals surface area contributed by atoms with E-state index in [1.165, 1.54) is 19.3 Å². The first kappa shape index (κ1) is 14.1. The van der Waals surface area contributed by atoms with E-state index in [0.29, 0.717) is 0 Å². The lowest BCUT2D eigenvalue weighted by Gasteiger charge is -2.30. The Labute approximate surface area is 130 Å². The van der Waals surface area contributed by atoms with E-state index in [4.69, 9.17) is 16.6 Å². The summed E-state index contributed by atoms with van der Waals surface area (Å²) >= 11 is 6.00. The van der Waals surface area contributed by atoms with Gasteiger partial charge in [0.1, 0.15) is 5.84 Å². The number of aliphatic imine (C=N–C) groups is 1. The highest BCUT2D eigenvalue weighted by molar-refractivity contribution is 6.30. The van der Waals surface area contributed by atoms with Crippen molar-refractivity contribution in [2.45, 2.75) is 19.3 Å². The average Bonchev–Trinajstić information content (AvgIpc) is 2.55. The van der Waals surface area contributed by atoms with Crippen molar-refractivity contribution in [2.24, 2.45) is 4.99 Å². The summed E-state index contributed by atoms with van der Waals surface area (Å²) in [6.45, 7) is 2.10. The number of amidine groups is 1. The van der Waals surface area contributed by atoms with Crippen molar-refractivity contribution in [3.8, 4) is 0 Å². The van der Waals surface area contributed by atoms with Crippen LogP contribution in [-0.4, -0.2) is 28.8 Å². The SMILES string of the molecule is Clc1ccc(/C(=N/c2ccccn2)N2CCCCC2)cc1. The summed E-state index contributed by atoms with van der Waals surface area (Å²) in [5.74, 6) is 1.73. The zero-order chi connectivity index (χ0) is 14.5. The van der Waals surface area contributed by atoms with E-state index in [2.05, 4.69) is 9.88 Å². The smallest absolute Gasteiger partial charge is 0.154 e. The van der Waals surface area contributed by atoms with Gasteiger partial charge in [0, 0.05) is 29.9 Å². The minimum atomic E-state index is 0.744. The van der Waals surface area contributed by atoms with Crippen LogP contribution in [0.2, 0.25) is 5.02 Å². The van der Waals surface area contributed by atoms with Crippen molar-refractivity contribution in [2.75, 3.05) is 13.1 Å². The van der Waals surface area contributed by atoms with E-state index >= 15 is 0 Å². The monoisotopic (exact) mass is 299 g/mol. The topological polar surface area (TPSA) is 28.5 Å². The number of pyridine rings is 1. The van der Waals surface area contributed by atoms with Crippen molar-refractivity contribution in [1.29, 1.82) is 0 Å². The van der Waals surface area contributed by atoms with Crippen LogP contribution in [0, 0.1) is 0 Å². The van der Waals surface area contributed by atoms with Gasteiger partial charge in [-0.3, -0.25) is 0 Å². The Bertz CT molecular complexity index is 602. The lowest BCUT2D eigenvalue weighted by Crippen LogP contribution is -2.36. The Hall–Kier alpha value is -1.87. The summed E-state index contributed by atoms with van der Waals surface area (Å²) in [6.07, 6.45) is 5.51. The lowest BCUT2D eigenvalue weighted by molar-refractivity contribution is 0.343. The maximum atomic E-state index is 6.00. The molecule has 3 nitrogen and oxygen atoms in total. The van der Waals surface area contributed by atoms with Gasteiger partial charge in [-0.2, -0.15) is 0 Å². The third-order valence-electron chi connectivity index (χ3n) is 3.63. The van der Waals surface area contributed by atoms with Crippen LogP contribution in [0.15, 0.2) is 53.7 Å². The molecule has 0 N–H and O–H groups in total. The van der Waals surface area contributed by atoms with E-state index in [9.17, 15) is 0 Å². The van der Waals surface area contributed by atoms with Crippen LogP contribution in [0.25, 0.3) is 0 Å². The van der Waals surface area contributed by atoms with Crippen LogP contribution in [0.4, 0.5) is 5.82 Å². The highest BCUT2D eigenvalue weighted by Gasteiger charge is 2.16. The second-order valence-corrected chi connectivity index (χ2v) is 5.61. The Balaban J connectivity index is 1.97. The Morgan fingerprint density at radius 2 is 1.76 bits per heavy atom. The third-order valence-corrected chi connectivity index (χ3v) is 3.88. The molecule has 0 bridgehead atoms. The van der Waals surface area contributed by atoms with Gasteiger partial charge in [-0.05, 0) is 55.7 Å². The maximum Gasteiger partial charge on any atom is 0.154 e. The van der Waals surface area contributed by atoms with Gasteiger partial charge >= 0.3 is 0 Å². The van der Waals surface area contributed by atoms with Gasteiger partial charge in [-0.1, -0.05) is 17.7 Å². The molecule has 0 unspecified atom stereocenters. The van der Waals surface area contributed by atoms with Crippen molar-refractivity contribution in [3.63, 3.8) is 0 Å². The molecular weight excluding hydrogens is 282 g/mol. The fourth-order valence-corrected chi connectivity index (χ4v) is 2.68. The molecular formula is C17H18ClN3. The molecule has 1 aromatic carbocycles. The van der Waals surface area contributed by atoms with Gasteiger partial charge in [-0.15, -0.1) is 0 Å². The van der Waals surface area contributed by atoms with Crippen molar-refractivity contribution >= 4 is 23.3 Å². The minimum absolute atomic E-state index is 0.744. The number of piperidine rings is 1. The summed E-state index contributed by atoms with van der Waals surface area (Å²) in [5.41, 5.74) is 1.09. The first-order valence-corrected chi connectivity index (χ1v) is 7.71. The van der Waals surface area contributed by atoms with Crippen molar-refractivity contribution in [3.05, 3.63) is 59.2 Å². The molecule has 0 radical (unpaired) electrons. The molecule has 0 atom stereocenters.